The summed E-state index contributed by atoms with van der Waals surface area (Å²) in [7, 11) is 0. The van der Waals surface area contributed by atoms with Crippen LogP contribution < -0.4 is 26.2 Å². The summed E-state index contributed by atoms with van der Waals surface area (Å²) in [5.41, 5.74) is 22.2. The molecule has 4 nitrogen and oxygen atoms in total. The Bertz CT molecular complexity index is 3730. The number of oxazole rings is 1. The Morgan fingerprint density at radius 2 is 0.743 bits per heavy atom. The van der Waals surface area contributed by atoms with Gasteiger partial charge < -0.3 is 14.2 Å². The van der Waals surface area contributed by atoms with Crippen molar-refractivity contribution in [3.05, 3.63) is 255 Å². The molecule has 0 N–H and O–H groups in total. The van der Waals surface area contributed by atoms with Crippen LogP contribution in [0.4, 0.5) is 34.1 Å². The molecule has 0 fully saturated rings. The zero-order valence-corrected chi connectivity index (χ0v) is 38.1. The van der Waals surface area contributed by atoms with Gasteiger partial charge in [-0.2, -0.15) is 0 Å². The molecule has 70 heavy (non-hydrogen) atoms. The van der Waals surface area contributed by atoms with Crippen LogP contribution in [0.25, 0.3) is 77.8 Å². The van der Waals surface area contributed by atoms with Crippen LogP contribution in [-0.2, 0) is 0 Å². The Hall–Kier alpha value is -9.19. The number of anilines is 6. The minimum Gasteiger partial charge on any atom is -0.435 e. The smallest absolute Gasteiger partial charge is 0.252 e. The van der Waals surface area contributed by atoms with Gasteiger partial charge in [0.05, 0.1) is 0 Å². The van der Waals surface area contributed by atoms with Crippen molar-refractivity contribution in [3.8, 4) is 56.0 Å². The van der Waals surface area contributed by atoms with Crippen molar-refractivity contribution >= 4 is 79.1 Å². The highest BCUT2D eigenvalue weighted by Crippen LogP contribution is 2.48. The van der Waals surface area contributed by atoms with Crippen LogP contribution in [-0.4, -0.2) is 11.7 Å². The highest BCUT2D eigenvalue weighted by molar-refractivity contribution is 7.00. The molecule has 11 aromatic carbocycles. The van der Waals surface area contributed by atoms with Crippen molar-refractivity contribution in [3.63, 3.8) is 0 Å². The molecule has 1 aromatic heterocycles. The molecule has 0 radical (unpaired) electrons. The van der Waals surface area contributed by atoms with Gasteiger partial charge in [0.15, 0.2) is 5.58 Å². The van der Waals surface area contributed by atoms with Crippen molar-refractivity contribution in [1.29, 1.82) is 0 Å². The van der Waals surface area contributed by atoms with Gasteiger partial charge in [-0.05, 0) is 121 Å². The summed E-state index contributed by atoms with van der Waals surface area (Å²) in [5.74, 6) is 0.580. The molecule has 3 heterocycles. The summed E-state index contributed by atoms with van der Waals surface area (Å²) in [6, 6.07) is 92.2. The third-order valence-electron chi connectivity index (χ3n) is 14.3. The second kappa shape index (κ2) is 16.3. The highest BCUT2D eigenvalue weighted by Gasteiger charge is 2.44. The summed E-state index contributed by atoms with van der Waals surface area (Å²) in [6.45, 7) is -0.122. The molecular weight excluding hydrogens is 850 g/mol. The fourth-order valence-electron chi connectivity index (χ4n) is 11.0. The Labute approximate surface area is 407 Å². The van der Waals surface area contributed by atoms with Crippen LogP contribution in [0.2, 0.25) is 0 Å². The maximum atomic E-state index is 6.93. The summed E-state index contributed by atoms with van der Waals surface area (Å²) >= 11 is 0. The average Bonchev–Trinajstić information content (AvgIpc) is 3.89. The van der Waals surface area contributed by atoms with E-state index in [9.17, 15) is 0 Å². The first-order valence-corrected chi connectivity index (χ1v) is 24.0. The summed E-state index contributed by atoms with van der Waals surface area (Å²) in [6.07, 6.45) is 0. The molecular formula is C65H42BN3O. The Balaban J connectivity index is 1.07. The van der Waals surface area contributed by atoms with Crippen molar-refractivity contribution in [2.24, 2.45) is 0 Å². The molecule has 5 heteroatoms. The summed E-state index contributed by atoms with van der Waals surface area (Å²) < 4.78 is 6.93. The van der Waals surface area contributed by atoms with Gasteiger partial charge in [-0.25, -0.2) is 4.98 Å². The second-order valence-electron chi connectivity index (χ2n) is 18.3. The molecule has 0 bridgehead atoms. The van der Waals surface area contributed by atoms with E-state index in [1.54, 1.807) is 0 Å². The molecule has 2 aliphatic rings. The summed E-state index contributed by atoms with van der Waals surface area (Å²) in [4.78, 5) is 10.2. The molecule has 0 amide bonds. The maximum absolute atomic E-state index is 6.93. The molecule has 0 atom stereocenters. The van der Waals surface area contributed by atoms with Crippen LogP contribution in [0, 0.1) is 0 Å². The standard InChI is InChI=1S/C65H42BN3O/c1-5-15-43(16-6-1)47-25-32-53(33-26-47)68-59-37-30-50(45-19-9-3-10-20-45)39-56(59)66-57-40-51(46-21-11-4-12-22-46)31-38-60(57)69(54-34-27-48(28-35-54)44-17-7-2-8-18-44)62-42-52(41-61(68)63(62)66)65-67-58-36-29-49-23-13-14-24-55(49)64(58)70-65/h1-42H. The molecule has 0 unspecified atom stereocenters. The zero-order chi connectivity index (χ0) is 46.1. The van der Waals surface area contributed by atoms with Crippen LogP contribution in [0.5, 0.6) is 0 Å². The van der Waals surface area contributed by atoms with Gasteiger partial charge in [-0.15, -0.1) is 0 Å². The van der Waals surface area contributed by atoms with Gasteiger partial charge in [-0.3, -0.25) is 0 Å². The van der Waals surface area contributed by atoms with Gasteiger partial charge in [0.25, 0.3) is 6.71 Å². The number of benzene rings is 11. The van der Waals surface area contributed by atoms with Crippen molar-refractivity contribution in [2.45, 2.75) is 0 Å². The molecule has 326 valence electrons. The van der Waals surface area contributed by atoms with E-state index in [0.717, 1.165) is 61.6 Å². The number of aromatic nitrogens is 1. The fraction of sp³-hybridized carbons (Fsp3) is 0. The van der Waals surface area contributed by atoms with E-state index in [4.69, 9.17) is 9.40 Å². The molecule has 0 saturated carbocycles. The van der Waals surface area contributed by atoms with Crippen LogP contribution >= 0.6 is 0 Å². The molecule has 12 aromatic rings. The minimum absolute atomic E-state index is 0.122. The lowest BCUT2D eigenvalue weighted by Crippen LogP contribution is -2.61. The maximum Gasteiger partial charge on any atom is 0.252 e. The SMILES string of the molecule is c1ccc(-c2ccc(N3c4ccc(-c5ccccc5)cc4B4c5cc(-c6ccccc6)ccc5N(c5ccc(-c6ccccc6)cc5)c5cc(-c6nc7ccc8ccccc8c7o6)cc3c54)cc2)cc1. The number of fused-ring (bicyclic) bond motifs is 7. The lowest BCUT2D eigenvalue weighted by atomic mass is 9.33. The van der Waals surface area contributed by atoms with Crippen LogP contribution in [0.1, 0.15) is 0 Å². The molecule has 0 aliphatic carbocycles. The molecule has 2 aliphatic heterocycles. The molecule has 0 saturated heterocycles. The monoisotopic (exact) mass is 891 g/mol. The summed E-state index contributed by atoms with van der Waals surface area (Å²) in [5, 5.41) is 2.17. The van der Waals surface area contributed by atoms with Crippen LogP contribution in [0.15, 0.2) is 259 Å². The van der Waals surface area contributed by atoms with Crippen molar-refractivity contribution in [1.82, 2.24) is 4.98 Å². The van der Waals surface area contributed by atoms with E-state index in [1.807, 2.05) is 0 Å². The third kappa shape index (κ3) is 6.58. The van der Waals surface area contributed by atoms with E-state index >= 15 is 0 Å². The van der Waals surface area contributed by atoms with E-state index in [-0.39, 0.29) is 6.71 Å². The second-order valence-corrected chi connectivity index (χ2v) is 18.3. The van der Waals surface area contributed by atoms with E-state index in [0.29, 0.717) is 5.89 Å². The number of hydrogen-bond acceptors (Lipinski definition) is 4. The lowest BCUT2D eigenvalue weighted by molar-refractivity contribution is 0.623. The average molecular weight is 892 g/mol. The topological polar surface area (TPSA) is 32.5 Å². The minimum atomic E-state index is -0.122. The Kier molecular flexibility index (Phi) is 9.27. The molecule has 14 rings (SSSR count). The predicted molar refractivity (Wildman–Crippen MR) is 293 cm³/mol. The fourth-order valence-corrected chi connectivity index (χ4v) is 11.0. The van der Waals surface area contributed by atoms with Crippen LogP contribution in [0.3, 0.4) is 0 Å². The normalized spacial score (nSPS) is 12.5. The Morgan fingerprint density at radius 3 is 1.23 bits per heavy atom. The van der Waals surface area contributed by atoms with E-state index in [1.165, 1.54) is 60.9 Å². The van der Waals surface area contributed by atoms with Gasteiger partial charge in [0.2, 0.25) is 5.89 Å². The quantitative estimate of drug-likeness (QED) is 0.149. The number of hydrogen-bond donors (Lipinski definition) is 0. The first kappa shape index (κ1) is 39.9. The first-order chi connectivity index (χ1) is 34.7. The lowest BCUT2D eigenvalue weighted by Gasteiger charge is -2.44. The predicted octanol–water partition coefficient (Wildman–Crippen LogP) is 15.4. The van der Waals surface area contributed by atoms with E-state index in [2.05, 4.69) is 265 Å². The van der Waals surface area contributed by atoms with Crippen molar-refractivity contribution < 1.29 is 4.42 Å². The number of nitrogens with zero attached hydrogens (tertiary/aromatic N) is 3. The van der Waals surface area contributed by atoms with Gasteiger partial charge in [0.1, 0.15) is 5.52 Å². The van der Waals surface area contributed by atoms with Gasteiger partial charge in [0, 0.05) is 45.1 Å². The molecule has 0 spiro atoms. The van der Waals surface area contributed by atoms with Gasteiger partial charge in [-0.1, -0.05) is 200 Å². The van der Waals surface area contributed by atoms with Gasteiger partial charge >= 0.3 is 0 Å². The first-order valence-electron chi connectivity index (χ1n) is 24.0. The van der Waals surface area contributed by atoms with E-state index < -0.39 is 0 Å². The highest BCUT2D eigenvalue weighted by atomic mass is 16.3. The largest absolute Gasteiger partial charge is 0.435 e. The Morgan fingerprint density at radius 1 is 0.329 bits per heavy atom. The number of rotatable bonds is 7. The zero-order valence-electron chi connectivity index (χ0n) is 38.1. The van der Waals surface area contributed by atoms with Crippen molar-refractivity contribution in [2.75, 3.05) is 9.80 Å². The third-order valence-corrected chi connectivity index (χ3v) is 14.3.